The minimum Gasteiger partial charge on any atom is -0.491 e. The zero-order valence-corrected chi connectivity index (χ0v) is 11.6. The highest BCUT2D eigenvalue weighted by Crippen LogP contribution is 2.20. The number of hydrogen-bond acceptors (Lipinski definition) is 3. The van der Waals surface area contributed by atoms with Crippen LogP contribution in [0, 0.1) is 5.92 Å². The highest BCUT2D eigenvalue weighted by Gasteiger charge is 2.22. The maximum atomic E-state index is 12.5. The number of hydrogen-bond donors (Lipinski definition) is 0. The van der Waals surface area contributed by atoms with Crippen molar-refractivity contribution >= 4 is 0 Å². The molecule has 0 saturated carbocycles. The first-order valence-corrected chi connectivity index (χ1v) is 6.85. The molecule has 1 aliphatic rings. The maximum absolute atomic E-state index is 12.5. The van der Waals surface area contributed by atoms with Crippen molar-refractivity contribution in [3.63, 3.8) is 0 Å². The molecule has 1 aromatic rings. The van der Waals surface area contributed by atoms with E-state index < -0.39 is 0 Å². The zero-order valence-electron chi connectivity index (χ0n) is 11.6. The molecule has 0 bridgehead atoms. The van der Waals surface area contributed by atoms with Crippen molar-refractivity contribution in [2.45, 2.75) is 26.4 Å². The molecular weight excluding hydrogens is 245 g/mol. The van der Waals surface area contributed by atoms with Gasteiger partial charge in [-0.1, -0.05) is 0 Å². The molecule has 0 aliphatic carbocycles. The first kappa shape index (κ1) is 14.1. The molecule has 1 fully saturated rings. The second-order valence-corrected chi connectivity index (χ2v) is 5.30. The fourth-order valence-electron chi connectivity index (χ4n) is 2.21. The predicted octanol–water partition coefficient (Wildman–Crippen LogP) is 3.10. The van der Waals surface area contributed by atoms with Crippen LogP contribution in [0.25, 0.3) is 0 Å². The SMILES string of the molecule is CC(C)Oc1ccc(OCN2CC[C@H](CF)C2)cc1. The van der Waals surface area contributed by atoms with Gasteiger partial charge in [0.25, 0.3) is 0 Å². The Kier molecular flexibility index (Phi) is 5.02. The van der Waals surface area contributed by atoms with Crippen LogP contribution in [0.3, 0.4) is 0 Å². The van der Waals surface area contributed by atoms with Crippen LogP contribution in [0.15, 0.2) is 24.3 Å². The summed E-state index contributed by atoms with van der Waals surface area (Å²) in [6, 6.07) is 7.62. The summed E-state index contributed by atoms with van der Waals surface area (Å²) in [5.41, 5.74) is 0. The van der Waals surface area contributed by atoms with Gasteiger partial charge in [0.15, 0.2) is 0 Å². The number of alkyl halides is 1. The molecule has 0 aromatic heterocycles. The number of benzene rings is 1. The van der Waals surface area contributed by atoms with E-state index in [1.807, 2.05) is 38.1 Å². The zero-order chi connectivity index (χ0) is 13.7. The molecule has 1 aliphatic heterocycles. The van der Waals surface area contributed by atoms with E-state index in [1.165, 1.54) is 0 Å². The molecule has 1 heterocycles. The molecule has 1 atom stereocenters. The summed E-state index contributed by atoms with van der Waals surface area (Å²) in [5.74, 6) is 1.85. The van der Waals surface area contributed by atoms with Gasteiger partial charge in [0.1, 0.15) is 18.2 Å². The molecule has 2 rings (SSSR count). The van der Waals surface area contributed by atoms with Gasteiger partial charge >= 0.3 is 0 Å². The Morgan fingerprint density at radius 1 is 1.26 bits per heavy atom. The molecule has 3 nitrogen and oxygen atoms in total. The van der Waals surface area contributed by atoms with E-state index in [4.69, 9.17) is 9.47 Å². The molecule has 1 aromatic carbocycles. The van der Waals surface area contributed by atoms with Gasteiger partial charge in [-0.3, -0.25) is 9.29 Å². The number of ether oxygens (including phenoxy) is 2. The van der Waals surface area contributed by atoms with E-state index in [1.54, 1.807) is 0 Å². The largest absolute Gasteiger partial charge is 0.491 e. The standard InChI is InChI=1S/C15H22FNO2/c1-12(2)19-15-5-3-14(4-6-15)18-11-17-8-7-13(9-16)10-17/h3-6,12-13H,7-11H2,1-2H3/t13-/m1/s1. The van der Waals surface area contributed by atoms with Crippen LogP contribution < -0.4 is 9.47 Å². The molecule has 0 unspecified atom stereocenters. The third kappa shape index (κ3) is 4.39. The number of halogens is 1. The topological polar surface area (TPSA) is 21.7 Å². The summed E-state index contributed by atoms with van der Waals surface area (Å²) in [7, 11) is 0. The quantitative estimate of drug-likeness (QED) is 0.790. The second-order valence-electron chi connectivity index (χ2n) is 5.30. The van der Waals surface area contributed by atoms with Crippen LogP contribution in [-0.2, 0) is 0 Å². The Morgan fingerprint density at radius 2 is 1.95 bits per heavy atom. The average Bonchev–Trinajstić information content (AvgIpc) is 2.85. The molecule has 4 heteroatoms. The lowest BCUT2D eigenvalue weighted by atomic mass is 10.1. The van der Waals surface area contributed by atoms with Crippen LogP contribution >= 0.6 is 0 Å². The molecule has 1 saturated heterocycles. The third-order valence-electron chi connectivity index (χ3n) is 3.20. The van der Waals surface area contributed by atoms with Crippen molar-refractivity contribution in [2.75, 3.05) is 26.5 Å². The Balaban J connectivity index is 1.77. The highest BCUT2D eigenvalue weighted by molar-refractivity contribution is 5.31. The predicted molar refractivity (Wildman–Crippen MR) is 73.4 cm³/mol. The Morgan fingerprint density at radius 3 is 2.53 bits per heavy atom. The van der Waals surface area contributed by atoms with Crippen LogP contribution in [0.2, 0.25) is 0 Å². The fraction of sp³-hybridized carbons (Fsp3) is 0.600. The smallest absolute Gasteiger partial charge is 0.142 e. The monoisotopic (exact) mass is 267 g/mol. The van der Waals surface area contributed by atoms with E-state index >= 15 is 0 Å². The number of nitrogens with zero attached hydrogens (tertiary/aromatic N) is 1. The molecule has 19 heavy (non-hydrogen) atoms. The molecular formula is C15H22FNO2. The minimum absolute atomic E-state index is 0.175. The Bertz CT molecular complexity index is 380. The van der Waals surface area contributed by atoms with Gasteiger partial charge in [-0.05, 0) is 44.5 Å². The lowest BCUT2D eigenvalue weighted by Gasteiger charge is -2.16. The lowest BCUT2D eigenvalue weighted by Crippen LogP contribution is -2.26. The Labute approximate surface area is 114 Å². The van der Waals surface area contributed by atoms with Crippen LogP contribution in [0.1, 0.15) is 20.3 Å². The number of likely N-dealkylation sites (tertiary alicyclic amines) is 1. The normalized spacial score (nSPS) is 19.9. The van der Waals surface area contributed by atoms with E-state index in [0.29, 0.717) is 6.73 Å². The highest BCUT2D eigenvalue weighted by atomic mass is 19.1. The van der Waals surface area contributed by atoms with E-state index in [-0.39, 0.29) is 18.7 Å². The van der Waals surface area contributed by atoms with Gasteiger partial charge in [0.05, 0.1) is 12.8 Å². The summed E-state index contributed by atoms with van der Waals surface area (Å²) in [6.45, 7) is 6.02. The molecule has 0 spiro atoms. The van der Waals surface area contributed by atoms with E-state index in [0.717, 1.165) is 31.0 Å². The van der Waals surface area contributed by atoms with Gasteiger partial charge in [0, 0.05) is 19.0 Å². The van der Waals surface area contributed by atoms with Crippen LogP contribution in [0.5, 0.6) is 11.5 Å². The summed E-state index contributed by atoms with van der Waals surface area (Å²) in [6.07, 6.45) is 1.11. The van der Waals surface area contributed by atoms with Gasteiger partial charge in [-0.25, -0.2) is 0 Å². The van der Waals surface area contributed by atoms with Crippen LogP contribution in [0.4, 0.5) is 4.39 Å². The van der Waals surface area contributed by atoms with Crippen molar-refractivity contribution in [1.82, 2.24) is 4.90 Å². The maximum Gasteiger partial charge on any atom is 0.142 e. The molecule has 0 radical (unpaired) electrons. The summed E-state index contributed by atoms with van der Waals surface area (Å²) in [5, 5.41) is 0. The van der Waals surface area contributed by atoms with E-state index in [2.05, 4.69) is 4.90 Å². The minimum atomic E-state index is -0.224. The van der Waals surface area contributed by atoms with Crippen molar-refractivity contribution in [3.8, 4) is 11.5 Å². The second kappa shape index (κ2) is 6.75. The third-order valence-corrected chi connectivity index (χ3v) is 3.20. The van der Waals surface area contributed by atoms with Crippen molar-refractivity contribution in [1.29, 1.82) is 0 Å². The van der Waals surface area contributed by atoms with Crippen LogP contribution in [-0.4, -0.2) is 37.5 Å². The van der Waals surface area contributed by atoms with Gasteiger partial charge in [-0.15, -0.1) is 0 Å². The van der Waals surface area contributed by atoms with Gasteiger partial charge < -0.3 is 9.47 Å². The fourth-order valence-corrected chi connectivity index (χ4v) is 2.21. The van der Waals surface area contributed by atoms with E-state index in [9.17, 15) is 4.39 Å². The molecule has 0 N–H and O–H groups in total. The average molecular weight is 267 g/mol. The van der Waals surface area contributed by atoms with Gasteiger partial charge in [-0.2, -0.15) is 0 Å². The first-order valence-electron chi connectivity index (χ1n) is 6.85. The Hall–Kier alpha value is -1.29. The molecule has 106 valence electrons. The summed E-state index contributed by atoms with van der Waals surface area (Å²) in [4.78, 5) is 2.14. The van der Waals surface area contributed by atoms with Crippen molar-refractivity contribution < 1.29 is 13.9 Å². The van der Waals surface area contributed by atoms with Crippen molar-refractivity contribution in [2.24, 2.45) is 5.92 Å². The number of rotatable bonds is 6. The van der Waals surface area contributed by atoms with Gasteiger partial charge in [0.2, 0.25) is 0 Å². The first-order chi connectivity index (χ1) is 9.17. The molecule has 0 amide bonds. The summed E-state index contributed by atoms with van der Waals surface area (Å²) < 4.78 is 23.8. The lowest BCUT2D eigenvalue weighted by molar-refractivity contribution is 0.145. The summed E-state index contributed by atoms with van der Waals surface area (Å²) >= 11 is 0. The van der Waals surface area contributed by atoms with Crippen molar-refractivity contribution in [3.05, 3.63) is 24.3 Å².